The van der Waals surface area contributed by atoms with Crippen molar-refractivity contribution in [1.29, 1.82) is 0 Å². The molecule has 6 rings (SSSR count). The summed E-state index contributed by atoms with van der Waals surface area (Å²) in [4.78, 5) is 41.4. The maximum atomic E-state index is 13.1. The molecule has 168 valence electrons. The predicted molar refractivity (Wildman–Crippen MR) is 121 cm³/mol. The van der Waals surface area contributed by atoms with Gasteiger partial charge in [-0.3, -0.25) is 14.4 Å². The molecule has 2 aromatic heterocycles. The molecule has 4 heterocycles. The number of pyridine rings is 1. The number of nitrogens with one attached hydrogen (secondary N) is 1. The highest BCUT2D eigenvalue weighted by molar-refractivity contribution is 6.15. The van der Waals surface area contributed by atoms with Crippen LogP contribution >= 0.6 is 0 Å². The normalized spacial score (nSPS) is 17.9. The van der Waals surface area contributed by atoms with E-state index in [-0.39, 0.29) is 35.0 Å². The van der Waals surface area contributed by atoms with Crippen LogP contribution in [0, 0.1) is 0 Å². The van der Waals surface area contributed by atoms with Gasteiger partial charge in [0.1, 0.15) is 23.0 Å². The van der Waals surface area contributed by atoms with Gasteiger partial charge in [-0.15, -0.1) is 0 Å². The van der Waals surface area contributed by atoms with Gasteiger partial charge in [0.2, 0.25) is 5.78 Å². The quantitative estimate of drug-likeness (QED) is 0.280. The topological polar surface area (TPSA) is 108 Å². The number of ketones is 1. The van der Waals surface area contributed by atoms with Crippen molar-refractivity contribution >= 4 is 28.7 Å². The molecular weight excluding hydrogens is 438 g/mol. The van der Waals surface area contributed by atoms with E-state index in [2.05, 4.69) is 4.98 Å². The smallest absolute Gasteiger partial charge is 0.312 e. The summed E-state index contributed by atoms with van der Waals surface area (Å²) in [6.07, 6.45) is 2.94. The fourth-order valence-corrected chi connectivity index (χ4v) is 4.46. The van der Waals surface area contributed by atoms with Crippen LogP contribution in [0.5, 0.6) is 17.2 Å². The van der Waals surface area contributed by atoms with Crippen molar-refractivity contribution in [2.24, 2.45) is 0 Å². The van der Waals surface area contributed by atoms with E-state index in [4.69, 9.17) is 18.6 Å². The minimum Gasteiger partial charge on any atom is -0.497 e. The fourth-order valence-electron chi connectivity index (χ4n) is 4.46. The van der Waals surface area contributed by atoms with Crippen LogP contribution in [0.15, 0.2) is 69.8 Å². The third-order valence-corrected chi connectivity index (χ3v) is 6.05. The first-order valence-corrected chi connectivity index (χ1v) is 10.6. The Kier molecular flexibility index (Phi) is 4.41. The molecule has 0 saturated carbocycles. The van der Waals surface area contributed by atoms with Crippen molar-refractivity contribution in [3.05, 3.63) is 93.4 Å². The number of fused-ring (bicyclic) bond motifs is 4. The maximum Gasteiger partial charge on any atom is 0.312 e. The molecule has 2 aliphatic rings. The van der Waals surface area contributed by atoms with Crippen LogP contribution in [0.2, 0.25) is 0 Å². The van der Waals surface area contributed by atoms with Crippen molar-refractivity contribution in [1.82, 2.24) is 4.98 Å². The van der Waals surface area contributed by atoms with Crippen molar-refractivity contribution in [2.75, 3.05) is 7.11 Å². The van der Waals surface area contributed by atoms with Gasteiger partial charge in [-0.05, 0) is 47.9 Å². The number of carbonyl (C=O) groups excluding carboxylic acids is 2. The minimum atomic E-state index is -0.655. The summed E-state index contributed by atoms with van der Waals surface area (Å²) in [5.41, 5.74) is 1.47. The molecule has 0 bridgehead atoms. The molecule has 0 radical (unpaired) electrons. The first-order valence-electron chi connectivity index (χ1n) is 10.6. The molecule has 2 aliphatic heterocycles. The molecule has 8 nitrogen and oxygen atoms in total. The van der Waals surface area contributed by atoms with E-state index in [0.717, 1.165) is 5.39 Å². The zero-order valence-corrected chi connectivity index (χ0v) is 17.9. The van der Waals surface area contributed by atoms with Gasteiger partial charge in [0.15, 0.2) is 5.76 Å². The van der Waals surface area contributed by atoms with Gasteiger partial charge < -0.3 is 23.6 Å². The number of Topliss-reactive ketones (excluding diaryl/α,β-unsaturated/α-hetero) is 1. The Labute approximate surface area is 192 Å². The molecule has 2 aromatic carbocycles. The Bertz CT molecular complexity index is 1580. The second-order valence-electron chi connectivity index (χ2n) is 8.05. The average Bonchev–Trinajstić information content (AvgIpc) is 3.45. The van der Waals surface area contributed by atoms with Crippen LogP contribution < -0.4 is 19.8 Å². The zero-order valence-electron chi connectivity index (χ0n) is 17.9. The number of aromatic amines is 1. The first kappa shape index (κ1) is 20.0. The van der Waals surface area contributed by atoms with Crippen molar-refractivity contribution in [3.8, 4) is 17.2 Å². The fraction of sp³-hybridized carbons (Fsp3) is 0.115. The first-order chi connectivity index (χ1) is 16.5. The van der Waals surface area contributed by atoms with Crippen LogP contribution in [0.25, 0.3) is 17.0 Å². The van der Waals surface area contributed by atoms with Gasteiger partial charge >= 0.3 is 5.97 Å². The Morgan fingerprint density at radius 1 is 1.06 bits per heavy atom. The number of hydrogen-bond acceptors (Lipinski definition) is 7. The van der Waals surface area contributed by atoms with Gasteiger partial charge in [0.05, 0.1) is 30.9 Å². The van der Waals surface area contributed by atoms with Crippen LogP contribution in [-0.2, 0) is 4.79 Å². The molecule has 1 unspecified atom stereocenters. The van der Waals surface area contributed by atoms with E-state index in [9.17, 15) is 14.4 Å². The molecular formula is C26H17NO7. The third-order valence-electron chi connectivity index (χ3n) is 6.05. The highest BCUT2D eigenvalue weighted by Gasteiger charge is 2.39. The highest BCUT2D eigenvalue weighted by atomic mass is 16.5. The number of esters is 1. The Balaban J connectivity index is 1.51. The van der Waals surface area contributed by atoms with Gasteiger partial charge in [-0.2, -0.15) is 0 Å². The molecule has 0 spiro atoms. The number of furan rings is 1. The van der Waals surface area contributed by atoms with Crippen molar-refractivity contribution < 1.29 is 28.2 Å². The monoisotopic (exact) mass is 455 g/mol. The third kappa shape index (κ3) is 3.11. The number of H-pyrrole nitrogens is 1. The SMILES string of the molecule is COc1ccc2cc(C3CC(=O)Oc4ccc5c(c43)O/C(=C\c3ccco3)C5=O)c(=O)[nH]c2c1. The summed E-state index contributed by atoms with van der Waals surface area (Å²) in [5, 5.41) is 0.777. The van der Waals surface area contributed by atoms with E-state index >= 15 is 0 Å². The van der Waals surface area contributed by atoms with Crippen LogP contribution in [0.1, 0.15) is 39.6 Å². The van der Waals surface area contributed by atoms with Crippen LogP contribution in [0.3, 0.4) is 0 Å². The predicted octanol–water partition coefficient (Wildman–Crippen LogP) is 4.19. The van der Waals surface area contributed by atoms with Crippen molar-refractivity contribution in [3.63, 3.8) is 0 Å². The molecule has 8 heteroatoms. The van der Waals surface area contributed by atoms with E-state index in [0.29, 0.717) is 33.7 Å². The van der Waals surface area contributed by atoms with Crippen LogP contribution in [-0.4, -0.2) is 23.8 Å². The second-order valence-corrected chi connectivity index (χ2v) is 8.05. The molecule has 0 fully saturated rings. The molecule has 1 atom stereocenters. The Morgan fingerprint density at radius 2 is 1.94 bits per heavy atom. The summed E-state index contributed by atoms with van der Waals surface area (Å²) in [7, 11) is 1.55. The number of aromatic nitrogens is 1. The van der Waals surface area contributed by atoms with Gasteiger partial charge in [-0.25, -0.2) is 0 Å². The molecule has 0 amide bonds. The molecule has 4 aromatic rings. The van der Waals surface area contributed by atoms with Crippen molar-refractivity contribution in [2.45, 2.75) is 12.3 Å². The Morgan fingerprint density at radius 3 is 2.74 bits per heavy atom. The summed E-state index contributed by atoms with van der Waals surface area (Å²) >= 11 is 0. The number of allylic oxidation sites excluding steroid dienone is 1. The molecule has 1 N–H and O–H groups in total. The summed E-state index contributed by atoms with van der Waals surface area (Å²) in [6, 6.07) is 13.6. The number of carbonyl (C=O) groups is 2. The zero-order chi connectivity index (χ0) is 23.4. The number of rotatable bonds is 3. The minimum absolute atomic E-state index is 0.0665. The van der Waals surface area contributed by atoms with E-state index in [1.54, 1.807) is 49.6 Å². The lowest BCUT2D eigenvalue weighted by molar-refractivity contribution is -0.135. The van der Waals surface area contributed by atoms with Crippen LogP contribution in [0.4, 0.5) is 0 Å². The van der Waals surface area contributed by atoms with E-state index in [1.807, 2.05) is 6.07 Å². The van der Waals surface area contributed by atoms with E-state index in [1.165, 1.54) is 12.3 Å². The largest absolute Gasteiger partial charge is 0.497 e. The highest BCUT2D eigenvalue weighted by Crippen LogP contribution is 2.48. The number of benzene rings is 2. The molecule has 34 heavy (non-hydrogen) atoms. The average molecular weight is 455 g/mol. The lowest BCUT2D eigenvalue weighted by Gasteiger charge is -2.26. The lowest BCUT2D eigenvalue weighted by Crippen LogP contribution is -2.26. The summed E-state index contributed by atoms with van der Waals surface area (Å²) in [5.74, 6) is 0.281. The lowest BCUT2D eigenvalue weighted by atomic mass is 9.85. The molecule has 0 saturated heterocycles. The van der Waals surface area contributed by atoms with Gasteiger partial charge in [0.25, 0.3) is 5.56 Å². The van der Waals surface area contributed by atoms with E-state index < -0.39 is 11.9 Å². The summed E-state index contributed by atoms with van der Waals surface area (Å²) in [6.45, 7) is 0. The second kappa shape index (κ2) is 7.48. The maximum absolute atomic E-state index is 13.1. The van der Waals surface area contributed by atoms with Gasteiger partial charge in [0, 0.05) is 29.2 Å². The number of hydrogen-bond donors (Lipinski definition) is 1. The number of ether oxygens (including phenoxy) is 3. The standard InChI is InChI=1S/C26H17NO7/c1-31-14-5-4-13-9-18(26(30)27-19(13)10-14)17-12-22(28)33-20-7-6-16-24(29)21(34-25(16)23(17)20)11-15-3-2-8-32-15/h2-11,17H,12H2,1H3,(H,27,30)/b21-11-. The molecule has 0 aliphatic carbocycles. The summed E-state index contributed by atoms with van der Waals surface area (Å²) < 4.78 is 21.9. The number of methoxy groups -OCH3 is 1. The Hall–Kier alpha value is -4.59. The van der Waals surface area contributed by atoms with Gasteiger partial charge in [-0.1, -0.05) is 0 Å².